The molecule has 0 saturated heterocycles. The van der Waals surface area contributed by atoms with Gasteiger partial charge in [0.05, 0.1) is 18.3 Å². The highest BCUT2D eigenvalue weighted by molar-refractivity contribution is 5.76. The number of hydrogen-bond acceptors (Lipinski definition) is 3. The molecule has 1 fully saturated rings. The number of carbonyl (C=O) groups excluding carboxylic acids is 1. The highest BCUT2D eigenvalue weighted by Gasteiger charge is 2.36. The summed E-state index contributed by atoms with van der Waals surface area (Å²) in [6.45, 7) is 0. The molecule has 0 radical (unpaired) electrons. The summed E-state index contributed by atoms with van der Waals surface area (Å²) in [5.41, 5.74) is 2.28. The van der Waals surface area contributed by atoms with E-state index >= 15 is 0 Å². The van der Waals surface area contributed by atoms with E-state index in [0.717, 1.165) is 31.2 Å². The minimum Gasteiger partial charge on any atom is -0.393 e. The van der Waals surface area contributed by atoms with Gasteiger partial charge in [-0.25, -0.2) is 0 Å². The number of hydrogen-bond donors (Lipinski definition) is 2. The molecule has 24 heavy (non-hydrogen) atoms. The van der Waals surface area contributed by atoms with Gasteiger partial charge in [-0.3, -0.25) is 9.48 Å². The van der Waals surface area contributed by atoms with Gasteiger partial charge in [0.15, 0.2) is 0 Å². The highest BCUT2D eigenvalue weighted by Crippen LogP contribution is 2.38. The Kier molecular flexibility index (Phi) is 5.30. The van der Waals surface area contributed by atoms with Crippen LogP contribution in [0.4, 0.5) is 0 Å². The molecule has 1 aliphatic carbocycles. The van der Waals surface area contributed by atoms with Crippen molar-refractivity contribution in [2.45, 2.75) is 44.2 Å². The molecule has 1 saturated carbocycles. The van der Waals surface area contributed by atoms with E-state index in [1.807, 2.05) is 31.4 Å². The van der Waals surface area contributed by atoms with Gasteiger partial charge in [0.2, 0.25) is 5.91 Å². The summed E-state index contributed by atoms with van der Waals surface area (Å²) in [7, 11) is 1.87. The van der Waals surface area contributed by atoms with Crippen molar-refractivity contribution in [2.24, 2.45) is 13.0 Å². The van der Waals surface area contributed by atoms with Gasteiger partial charge in [0, 0.05) is 25.2 Å². The molecule has 2 N–H and O–H groups in total. The van der Waals surface area contributed by atoms with Gasteiger partial charge >= 0.3 is 0 Å². The fraction of sp³-hybridized carbons (Fsp3) is 0.474. The molecule has 0 bridgehead atoms. The summed E-state index contributed by atoms with van der Waals surface area (Å²) in [6, 6.07) is 10.2. The SMILES string of the molecule is Cn1cc([C@H](NC(=O)CCCc2ccccc2)C2CC(O)C2)cn1. The van der Waals surface area contributed by atoms with Gasteiger partial charge in [-0.15, -0.1) is 0 Å². The van der Waals surface area contributed by atoms with Crippen LogP contribution in [-0.4, -0.2) is 26.9 Å². The standard InChI is InChI=1S/C19H25N3O2/c1-22-13-16(12-20-22)19(15-10-17(23)11-15)21-18(24)9-5-8-14-6-3-2-4-7-14/h2-4,6-7,12-13,15,17,19,23H,5,8-11H2,1H3,(H,21,24)/t15?,17?,19-/m1/s1. The van der Waals surface area contributed by atoms with Gasteiger partial charge < -0.3 is 10.4 Å². The quantitative estimate of drug-likeness (QED) is 0.820. The Morgan fingerprint density at radius 2 is 2.12 bits per heavy atom. The van der Waals surface area contributed by atoms with Crippen molar-refractivity contribution < 1.29 is 9.90 Å². The normalized spacial score (nSPS) is 21.1. The van der Waals surface area contributed by atoms with Gasteiger partial charge in [-0.05, 0) is 37.2 Å². The molecule has 128 valence electrons. The minimum absolute atomic E-state index is 0.0497. The van der Waals surface area contributed by atoms with Crippen LogP contribution in [-0.2, 0) is 18.3 Å². The average Bonchev–Trinajstić information content (AvgIpc) is 2.97. The fourth-order valence-corrected chi connectivity index (χ4v) is 3.32. The topological polar surface area (TPSA) is 67.2 Å². The van der Waals surface area contributed by atoms with Crippen LogP contribution in [0.1, 0.15) is 42.9 Å². The molecule has 5 heteroatoms. The largest absolute Gasteiger partial charge is 0.393 e. The van der Waals surface area contributed by atoms with Crippen LogP contribution in [0.2, 0.25) is 0 Å². The number of carbonyl (C=O) groups is 1. The molecule has 1 aromatic carbocycles. The third-order valence-electron chi connectivity index (χ3n) is 4.73. The zero-order valence-corrected chi connectivity index (χ0v) is 14.1. The molecule has 1 aliphatic rings. The second kappa shape index (κ2) is 7.62. The first kappa shape index (κ1) is 16.7. The second-order valence-electron chi connectivity index (χ2n) is 6.72. The van der Waals surface area contributed by atoms with Crippen LogP contribution in [0.5, 0.6) is 0 Å². The lowest BCUT2D eigenvalue weighted by Crippen LogP contribution is -2.41. The van der Waals surface area contributed by atoms with Crippen molar-refractivity contribution in [3.63, 3.8) is 0 Å². The van der Waals surface area contributed by atoms with Crippen LogP contribution < -0.4 is 5.32 Å². The summed E-state index contributed by atoms with van der Waals surface area (Å²) in [6.07, 6.45) is 7.26. The van der Waals surface area contributed by atoms with Crippen LogP contribution in [0.15, 0.2) is 42.7 Å². The van der Waals surface area contributed by atoms with Crippen molar-refractivity contribution in [1.29, 1.82) is 0 Å². The first-order valence-corrected chi connectivity index (χ1v) is 8.61. The van der Waals surface area contributed by atoms with E-state index in [1.165, 1.54) is 5.56 Å². The summed E-state index contributed by atoms with van der Waals surface area (Å²) in [4.78, 5) is 12.3. The monoisotopic (exact) mass is 327 g/mol. The Hall–Kier alpha value is -2.14. The molecule has 1 aromatic heterocycles. The molecule has 0 unspecified atom stereocenters. The molecule has 2 aromatic rings. The minimum atomic E-state index is -0.232. The molecule has 5 nitrogen and oxygen atoms in total. The lowest BCUT2D eigenvalue weighted by Gasteiger charge is -2.37. The number of aryl methyl sites for hydroxylation is 2. The number of nitrogens with zero attached hydrogens (tertiary/aromatic N) is 2. The lowest BCUT2D eigenvalue weighted by atomic mass is 9.75. The molecule has 0 spiro atoms. The summed E-state index contributed by atoms with van der Waals surface area (Å²) in [5, 5.41) is 16.9. The van der Waals surface area contributed by atoms with Crippen molar-refractivity contribution in [3.05, 3.63) is 53.9 Å². The van der Waals surface area contributed by atoms with E-state index in [9.17, 15) is 9.90 Å². The highest BCUT2D eigenvalue weighted by atomic mass is 16.3. The van der Waals surface area contributed by atoms with Crippen LogP contribution in [0, 0.1) is 5.92 Å². The van der Waals surface area contributed by atoms with E-state index in [1.54, 1.807) is 10.9 Å². The predicted molar refractivity (Wildman–Crippen MR) is 92.2 cm³/mol. The van der Waals surface area contributed by atoms with Crippen LogP contribution in [0.25, 0.3) is 0 Å². The first-order valence-electron chi connectivity index (χ1n) is 8.61. The zero-order valence-electron chi connectivity index (χ0n) is 14.1. The third kappa shape index (κ3) is 4.23. The maximum atomic E-state index is 12.3. The van der Waals surface area contributed by atoms with E-state index in [4.69, 9.17) is 0 Å². The van der Waals surface area contributed by atoms with Crippen molar-refractivity contribution in [1.82, 2.24) is 15.1 Å². The van der Waals surface area contributed by atoms with E-state index in [0.29, 0.717) is 12.3 Å². The number of nitrogens with one attached hydrogen (secondary N) is 1. The third-order valence-corrected chi connectivity index (χ3v) is 4.73. The number of aliphatic hydroxyl groups excluding tert-OH is 1. The molecule has 3 rings (SSSR count). The maximum absolute atomic E-state index is 12.3. The Morgan fingerprint density at radius 1 is 1.38 bits per heavy atom. The smallest absolute Gasteiger partial charge is 0.220 e. The second-order valence-corrected chi connectivity index (χ2v) is 6.72. The van der Waals surface area contributed by atoms with Crippen LogP contribution >= 0.6 is 0 Å². The Bertz CT molecular complexity index is 662. The maximum Gasteiger partial charge on any atom is 0.220 e. The van der Waals surface area contributed by atoms with Gasteiger partial charge in [-0.2, -0.15) is 5.10 Å². The molecule has 1 amide bonds. The number of aromatic nitrogens is 2. The Morgan fingerprint density at radius 3 is 2.75 bits per heavy atom. The summed E-state index contributed by atoms with van der Waals surface area (Å²) >= 11 is 0. The number of rotatable bonds is 7. The molecule has 1 atom stereocenters. The average molecular weight is 327 g/mol. The van der Waals surface area contributed by atoms with Crippen LogP contribution in [0.3, 0.4) is 0 Å². The number of benzene rings is 1. The molecular formula is C19H25N3O2. The van der Waals surface area contributed by atoms with E-state index in [-0.39, 0.29) is 18.1 Å². The summed E-state index contributed by atoms with van der Waals surface area (Å²) in [5.74, 6) is 0.364. The van der Waals surface area contributed by atoms with Gasteiger partial charge in [-0.1, -0.05) is 30.3 Å². The molecule has 0 aliphatic heterocycles. The van der Waals surface area contributed by atoms with Crippen molar-refractivity contribution >= 4 is 5.91 Å². The lowest BCUT2D eigenvalue weighted by molar-refractivity contribution is -0.123. The number of amides is 1. The van der Waals surface area contributed by atoms with Crippen molar-refractivity contribution in [3.8, 4) is 0 Å². The Labute approximate surface area is 142 Å². The van der Waals surface area contributed by atoms with Crippen molar-refractivity contribution in [2.75, 3.05) is 0 Å². The first-order chi connectivity index (χ1) is 11.6. The summed E-state index contributed by atoms with van der Waals surface area (Å²) < 4.78 is 1.75. The number of aliphatic hydroxyl groups is 1. The molecule has 1 heterocycles. The van der Waals surface area contributed by atoms with Gasteiger partial charge in [0.1, 0.15) is 0 Å². The van der Waals surface area contributed by atoms with E-state index in [2.05, 4.69) is 22.5 Å². The Balaban J connectivity index is 1.53. The fourth-order valence-electron chi connectivity index (χ4n) is 3.32. The van der Waals surface area contributed by atoms with E-state index < -0.39 is 0 Å². The molecular weight excluding hydrogens is 302 g/mol. The van der Waals surface area contributed by atoms with Gasteiger partial charge in [0.25, 0.3) is 0 Å². The zero-order chi connectivity index (χ0) is 16.9. The predicted octanol–water partition coefficient (Wildman–Crippen LogP) is 2.37.